The van der Waals surface area contributed by atoms with E-state index >= 15 is 0 Å². The van der Waals surface area contributed by atoms with Crippen molar-refractivity contribution in [1.82, 2.24) is 4.98 Å². The van der Waals surface area contributed by atoms with E-state index in [-0.39, 0.29) is 5.97 Å². The molecule has 0 amide bonds. The SMILES string of the molecule is CC(C)(C)OC(=O)c1cccnc1C1CC1. The zero-order chi connectivity index (χ0) is 11.8. The lowest BCUT2D eigenvalue weighted by molar-refractivity contribution is 0.00677. The van der Waals surface area contributed by atoms with Crippen molar-refractivity contribution in [3.8, 4) is 0 Å². The van der Waals surface area contributed by atoms with Gasteiger partial charge in [-0.2, -0.15) is 0 Å². The summed E-state index contributed by atoms with van der Waals surface area (Å²) in [5, 5.41) is 0. The Hall–Kier alpha value is -1.38. The van der Waals surface area contributed by atoms with E-state index in [1.54, 1.807) is 18.3 Å². The first-order valence-corrected chi connectivity index (χ1v) is 5.65. The monoisotopic (exact) mass is 219 g/mol. The van der Waals surface area contributed by atoms with E-state index in [1.807, 2.05) is 20.8 Å². The molecule has 86 valence electrons. The molecule has 3 nitrogen and oxygen atoms in total. The zero-order valence-electron chi connectivity index (χ0n) is 9.99. The van der Waals surface area contributed by atoms with Crippen LogP contribution in [-0.4, -0.2) is 16.6 Å². The van der Waals surface area contributed by atoms with Gasteiger partial charge in [0.1, 0.15) is 5.60 Å². The normalized spacial score (nSPS) is 15.9. The number of rotatable bonds is 2. The molecule has 16 heavy (non-hydrogen) atoms. The smallest absolute Gasteiger partial charge is 0.340 e. The van der Waals surface area contributed by atoms with Crippen molar-refractivity contribution in [3.05, 3.63) is 29.6 Å². The van der Waals surface area contributed by atoms with Crippen LogP contribution in [0.3, 0.4) is 0 Å². The molecule has 3 heteroatoms. The van der Waals surface area contributed by atoms with Crippen molar-refractivity contribution < 1.29 is 9.53 Å². The Morgan fingerprint density at radius 1 is 1.44 bits per heavy atom. The van der Waals surface area contributed by atoms with Crippen LogP contribution < -0.4 is 0 Å². The van der Waals surface area contributed by atoms with Crippen molar-refractivity contribution in [2.45, 2.75) is 45.1 Å². The van der Waals surface area contributed by atoms with E-state index in [2.05, 4.69) is 4.98 Å². The standard InChI is InChI=1S/C13H17NO2/c1-13(2,3)16-12(15)10-5-4-8-14-11(10)9-6-7-9/h4-5,8-9H,6-7H2,1-3H3. The van der Waals surface area contributed by atoms with Crippen molar-refractivity contribution in [2.24, 2.45) is 0 Å². The maximum atomic E-state index is 12.0. The highest BCUT2D eigenvalue weighted by Crippen LogP contribution is 2.40. The van der Waals surface area contributed by atoms with E-state index < -0.39 is 5.60 Å². The molecule has 0 bridgehead atoms. The quantitative estimate of drug-likeness (QED) is 0.718. The fourth-order valence-electron chi connectivity index (χ4n) is 1.61. The number of pyridine rings is 1. The van der Waals surface area contributed by atoms with Crippen molar-refractivity contribution in [3.63, 3.8) is 0 Å². The third-order valence-electron chi connectivity index (χ3n) is 2.42. The van der Waals surface area contributed by atoms with Gasteiger partial charge in [-0.25, -0.2) is 4.79 Å². The maximum Gasteiger partial charge on any atom is 0.340 e. The molecule has 1 aliphatic carbocycles. The van der Waals surface area contributed by atoms with E-state index in [4.69, 9.17) is 4.74 Å². The van der Waals surface area contributed by atoms with Gasteiger partial charge in [0.25, 0.3) is 0 Å². The Morgan fingerprint density at radius 3 is 2.69 bits per heavy atom. The van der Waals surface area contributed by atoms with Gasteiger partial charge in [-0.15, -0.1) is 0 Å². The molecule has 1 fully saturated rings. The number of hydrogen-bond donors (Lipinski definition) is 0. The molecule has 2 rings (SSSR count). The number of carbonyl (C=O) groups excluding carboxylic acids is 1. The van der Waals surface area contributed by atoms with Crippen LogP contribution >= 0.6 is 0 Å². The lowest BCUT2D eigenvalue weighted by atomic mass is 10.1. The summed E-state index contributed by atoms with van der Waals surface area (Å²) in [6, 6.07) is 3.58. The second kappa shape index (κ2) is 3.89. The van der Waals surface area contributed by atoms with Gasteiger partial charge in [0.2, 0.25) is 0 Å². The number of esters is 1. The van der Waals surface area contributed by atoms with Crippen LogP contribution in [0.4, 0.5) is 0 Å². The molecule has 1 saturated carbocycles. The molecule has 1 aromatic heterocycles. The summed E-state index contributed by atoms with van der Waals surface area (Å²) in [5.74, 6) is 0.200. The van der Waals surface area contributed by atoms with Crippen LogP contribution in [0.5, 0.6) is 0 Å². The molecule has 0 spiro atoms. The van der Waals surface area contributed by atoms with Gasteiger partial charge in [-0.1, -0.05) is 0 Å². The molecule has 1 aliphatic rings. The summed E-state index contributed by atoms with van der Waals surface area (Å²) >= 11 is 0. The summed E-state index contributed by atoms with van der Waals surface area (Å²) in [7, 11) is 0. The molecule has 0 aliphatic heterocycles. The Labute approximate surface area is 95.8 Å². The minimum Gasteiger partial charge on any atom is -0.456 e. The molecule has 0 atom stereocenters. The third kappa shape index (κ3) is 2.60. The third-order valence-corrected chi connectivity index (χ3v) is 2.42. The second-order valence-corrected chi connectivity index (χ2v) is 5.21. The summed E-state index contributed by atoms with van der Waals surface area (Å²) < 4.78 is 5.36. The summed E-state index contributed by atoms with van der Waals surface area (Å²) in [6.45, 7) is 5.62. The van der Waals surface area contributed by atoms with Crippen LogP contribution in [0.15, 0.2) is 18.3 Å². The predicted molar refractivity (Wildman–Crippen MR) is 61.4 cm³/mol. The molecule has 1 heterocycles. The van der Waals surface area contributed by atoms with Gasteiger partial charge in [0, 0.05) is 12.1 Å². The van der Waals surface area contributed by atoms with Gasteiger partial charge in [0.15, 0.2) is 0 Å². The highest BCUT2D eigenvalue weighted by molar-refractivity contribution is 5.91. The average molecular weight is 219 g/mol. The second-order valence-electron chi connectivity index (χ2n) is 5.21. The number of carbonyl (C=O) groups is 1. The fraction of sp³-hybridized carbons (Fsp3) is 0.538. The van der Waals surface area contributed by atoms with Gasteiger partial charge >= 0.3 is 5.97 Å². The van der Waals surface area contributed by atoms with E-state index in [9.17, 15) is 4.79 Å². The molecule has 1 aromatic rings. The Kier molecular flexibility index (Phi) is 2.70. The van der Waals surface area contributed by atoms with Gasteiger partial charge in [-0.3, -0.25) is 4.98 Å². The largest absolute Gasteiger partial charge is 0.456 e. The molecule has 0 aromatic carbocycles. The summed E-state index contributed by atoms with van der Waals surface area (Å²) in [5.41, 5.74) is 1.07. The summed E-state index contributed by atoms with van der Waals surface area (Å²) in [4.78, 5) is 16.2. The number of nitrogens with zero attached hydrogens (tertiary/aromatic N) is 1. The van der Waals surface area contributed by atoms with Crippen molar-refractivity contribution in [2.75, 3.05) is 0 Å². The Bertz CT molecular complexity index is 403. The first kappa shape index (κ1) is 11.1. The first-order chi connectivity index (χ1) is 7.47. The highest BCUT2D eigenvalue weighted by Gasteiger charge is 2.30. The molecule has 0 saturated heterocycles. The van der Waals surface area contributed by atoms with Crippen LogP contribution in [0, 0.1) is 0 Å². The Morgan fingerprint density at radius 2 is 2.12 bits per heavy atom. The van der Waals surface area contributed by atoms with Gasteiger partial charge in [0.05, 0.1) is 11.3 Å². The van der Waals surface area contributed by atoms with Crippen LogP contribution in [0.25, 0.3) is 0 Å². The number of ether oxygens (including phenoxy) is 1. The van der Waals surface area contributed by atoms with E-state index in [0.717, 1.165) is 18.5 Å². The van der Waals surface area contributed by atoms with Crippen LogP contribution in [-0.2, 0) is 4.74 Å². The fourth-order valence-corrected chi connectivity index (χ4v) is 1.61. The van der Waals surface area contributed by atoms with Crippen molar-refractivity contribution >= 4 is 5.97 Å². The minimum absolute atomic E-state index is 0.262. The maximum absolute atomic E-state index is 12.0. The van der Waals surface area contributed by atoms with Crippen LogP contribution in [0.2, 0.25) is 0 Å². The molecular weight excluding hydrogens is 202 g/mol. The van der Waals surface area contributed by atoms with E-state index in [1.165, 1.54) is 0 Å². The first-order valence-electron chi connectivity index (χ1n) is 5.65. The Balaban J connectivity index is 2.22. The van der Waals surface area contributed by atoms with Gasteiger partial charge < -0.3 is 4.74 Å². The number of aromatic nitrogens is 1. The zero-order valence-corrected chi connectivity index (χ0v) is 9.99. The summed E-state index contributed by atoms with van der Waals surface area (Å²) in [6.07, 6.45) is 4.00. The lowest BCUT2D eigenvalue weighted by Crippen LogP contribution is -2.24. The molecule has 0 N–H and O–H groups in total. The lowest BCUT2D eigenvalue weighted by Gasteiger charge is -2.20. The van der Waals surface area contributed by atoms with Crippen molar-refractivity contribution in [1.29, 1.82) is 0 Å². The molecule has 0 unspecified atom stereocenters. The predicted octanol–water partition coefficient (Wildman–Crippen LogP) is 2.91. The topological polar surface area (TPSA) is 39.2 Å². The average Bonchev–Trinajstić information content (AvgIpc) is 2.98. The van der Waals surface area contributed by atoms with Crippen LogP contribution in [0.1, 0.15) is 55.6 Å². The minimum atomic E-state index is -0.451. The molecular formula is C13H17NO2. The molecule has 0 radical (unpaired) electrons. The number of hydrogen-bond acceptors (Lipinski definition) is 3. The van der Waals surface area contributed by atoms with Gasteiger partial charge in [-0.05, 0) is 45.7 Å². The van der Waals surface area contributed by atoms with E-state index in [0.29, 0.717) is 11.5 Å². The highest BCUT2D eigenvalue weighted by atomic mass is 16.6.